The van der Waals surface area contributed by atoms with Crippen LogP contribution < -0.4 is 24.8 Å². The van der Waals surface area contributed by atoms with E-state index in [1.165, 1.54) is 31.4 Å². The summed E-state index contributed by atoms with van der Waals surface area (Å²) in [7, 11) is 1.48. The highest BCUT2D eigenvalue weighted by Gasteiger charge is 2.19. The topological polar surface area (TPSA) is 129 Å². The fraction of sp³-hybridized carbons (Fsp3) is 0.200. The lowest BCUT2D eigenvalue weighted by atomic mass is 10.1. The van der Waals surface area contributed by atoms with Gasteiger partial charge in [0, 0.05) is 29.8 Å². The molecule has 0 saturated carbocycles. The third kappa shape index (κ3) is 6.05. The van der Waals surface area contributed by atoms with Crippen molar-refractivity contribution in [3.05, 3.63) is 81.9 Å². The number of rotatable bonds is 10. The number of para-hydroxylation sites is 1. The van der Waals surface area contributed by atoms with Crippen LogP contribution in [-0.2, 0) is 0 Å². The molecule has 35 heavy (non-hydrogen) atoms. The molecule has 3 rings (SSSR count). The number of nitro benzene ring substituents is 1. The van der Waals surface area contributed by atoms with Crippen LogP contribution in [0.25, 0.3) is 0 Å². The van der Waals surface area contributed by atoms with Crippen LogP contribution in [-0.4, -0.2) is 37.1 Å². The van der Waals surface area contributed by atoms with Crippen LogP contribution in [0.5, 0.6) is 17.2 Å². The number of carbonyl (C=O) groups is 2. The van der Waals surface area contributed by atoms with Crippen LogP contribution in [0.15, 0.2) is 60.7 Å². The molecule has 0 aliphatic carbocycles. The van der Waals surface area contributed by atoms with Crippen LogP contribution in [0, 0.1) is 10.1 Å². The van der Waals surface area contributed by atoms with Crippen molar-refractivity contribution < 1.29 is 28.7 Å². The van der Waals surface area contributed by atoms with Gasteiger partial charge in [0.1, 0.15) is 17.2 Å². The van der Waals surface area contributed by atoms with Gasteiger partial charge in [-0.3, -0.25) is 19.7 Å². The Morgan fingerprint density at radius 1 is 0.829 bits per heavy atom. The second-order valence-electron chi connectivity index (χ2n) is 7.12. The molecule has 10 heteroatoms. The summed E-state index contributed by atoms with van der Waals surface area (Å²) in [6.45, 7) is 4.18. The predicted octanol–water partition coefficient (Wildman–Crippen LogP) is 4.91. The highest BCUT2D eigenvalue weighted by molar-refractivity contribution is 6.08. The van der Waals surface area contributed by atoms with Crippen molar-refractivity contribution in [1.82, 2.24) is 0 Å². The zero-order valence-corrected chi connectivity index (χ0v) is 19.5. The van der Waals surface area contributed by atoms with Crippen LogP contribution in [0.4, 0.5) is 17.1 Å². The van der Waals surface area contributed by atoms with Gasteiger partial charge in [0.05, 0.1) is 42.2 Å². The molecule has 0 radical (unpaired) electrons. The third-order valence-corrected chi connectivity index (χ3v) is 4.87. The lowest BCUT2D eigenvalue weighted by Crippen LogP contribution is -2.16. The van der Waals surface area contributed by atoms with Gasteiger partial charge in [0.2, 0.25) is 0 Å². The Morgan fingerprint density at radius 2 is 1.37 bits per heavy atom. The minimum Gasteiger partial charge on any atom is -0.496 e. The standard InChI is InChI=1S/C25H25N3O7/c1-4-34-22-15-20(27-25(30)18-8-6-7-9-21(18)33-3)23(35-5-2)14-19(22)26-24(29)16-10-12-17(13-11-16)28(31)32/h6-15H,4-5H2,1-3H3,(H,26,29)(H,27,30). The number of ether oxygens (including phenoxy) is 3. The Kier molecular flexibility index (Phi) is 8.23. The minimum absolute atomic E-state index is 0.120. The van der Waals surface area contributed by atoms with E-state index in [0.29, 0.717) is 47.4 Å². The Hall–Kier alpha value is -4.60. The third-order valence-electron chi connectivity index (χ3n) is 4.87. The average molecular weight is 479 g/mol. The molecule has 0 unspecified atom stereocenters. The van der Waals surface area contributed by atoms with E-state index >= 15 is 0 Å². The first-order valence-corrected chi connectivity index (χ1v) is 10.8. The summed E-state index contributed by atoms with van der Waals surface area (Å²) in [6, 6.07) is 15.1. The highest BCUT2D eigenvalue weighted by atomic mass is 16.6. The number of anilines is 2. The molecule has 0 fully saturated rings. The molecule has 0 spiro atoms. The maximum Gasteiger partial charge on any atom is 0.269 e. The molecule has 182 valence electrons. The maximum atomic E-state index is 12.9. The Labute approximate surface area is 202 Å². The molecular weight excluding hydrogens is 454 g/mol. The molecule has 2 N–H and O–H groups in total. The van der Waals surface area contributed by atoms with E-state index < -0.39 is 16.7 Å². The summed E-state index contributed by atoms with van der Waals surface area (Å²) in [6.07, 6.45) is 0. The second kappa shape index (κ2) is 11.5. The van der Waals surface area contributed by atoms with Crippen molar-refractivity contribution >= 4 is 28.9 Å². The Morgan fingerprint density at radius 3 is 1.89 bits per heavy atom. The van der Waals surface area contributed by atoms with Gasteiger partial charge in [0.15, 0.2) is 0 Å². The maximum absolute atomic E-state index is 12.9. The predicted molar refractivity (Wildman–Crippen MR) is 131 cm³/mol. The van der Waals surface area contributed by atoms with Crippen molar-refractivity contribution in [3.63, 3.8) is 0 Å². The number of nitro groups is 1. The average Bonchev–Trinajstić information content (AvgIpc) is 2.86. The molecule has 0 aliphatic heterocycles. The zero-order chi connectivity index (χ0) is 25.4. The molecule has 3 aromatic carbocycles. The number of nitrogens with one attached hydrogen (secondary N) is 2. The number of hydrogen-bond acceptors (Lipinski definition) is 7. The number of amides is 2. The van der Waals surface area contributed by atoms with Gasteiger partial charge in [0.25, 0.3) is 17.5 Å². The zero-order valence-electron chi connectivity index (χ0n) is 19.5. The normalized spacial score (nSPS) is 10.3. The number of non-ortho nitro benzene ring substituents is 1. The van der Waals surface area contributed by atoms with Crippen LogP contribution >= 0.6 is 0 Å². The highest BCUT2D eigenvalue weighted by Crippen LogP contribution is 2.37. The molecule has 10 nitrogen and oxygen atoms in total. The molecule has 0 bridgehead atoms. The smallest absolute Gasteiger partial charge is 0.269 e. The summed E-state index contributed by atoms with van der Waals surface area (Å²) in [5, 5.41) is 16.4. The first-order chi connectivity index (χ1) is 16.9. The summed E-state index contributed by atoms with van der Waals surface area (Å²) in [5.41, 5.74) is 1.11. The summed E-state index contributed by atoms with van der Waals surface area (Å²) in [5.74, 6) is 0.141. The van der Waals surface area contributed by atoms with Crippen molar-refractivity contribution in [2.75, 3.05) is 31.0 Å². The summed E-state index contributed by atoms with van der Waals surface area (Å²) < 4.78 is 16.7. The first-order valence-electron chi connectivity index (χ1n) is 10.8. The fourth-order valence-corrected chi connectivity index (χ4v) is 3.26. The lowest BCUT2D eigenvalue weighted by molar-refractivity contribution is -0.384. The molecule has 2 amide bonds. The monoisotopic (exact) mass is 479 g/mol. The van der Waals surface area contributed by atoms with Crippen LogP contribution in [0.3, 0.4) is 0 Å². The van der Waals surface area contributed by atoms with Gasteiger partial charge in [-0.05, 0) is 38.1 Å². The van der Waals surface area contributed by atoms with Crippen molar-refractivity contribution in [1.29, 1.82) is 0 Å². The van der Waals surface area contributed by atoms with E-state index in [-0.39, 0.29) is 11.3 Å². The fourth-order valence-electron chi connectivity index (χ4n) is 3.26. The van der Waals surface area contributed by atoms with Gasteiger partial charge in [-0.25, -0.2) is 0 Å². The van der Waals surface area contributed by atoms with Crippen molar-refractivity contribution in [2.24, 2.45) is 0 Å². The van der Waals surface area contributed by atoms with E-state index in [4.69, 9.17) is 14.2 Å². The van der Waals surface area contributed by atoms with E-state index in [9.17, 15) is 19.7 Å². The number of nitrogens with zero attached hydrogens (tertiary/aromatic N) is 1. The Bertz CT molecular complexity index is 1230. The van der Waals surface area contributed by atoms with E-state index in [0.717, 1.165) is 0 Å². The van der Waals surface area contributed by atoms with Gasteiger partial charge < -0.3 is 24.8 Å². The molecule has 0 heterocycles. The summed E-state index contributed by atoms with van der Waals surface area (Å²) >= 11 is 0. The lowest BCUT2D eigenvalue weighted by Gasteiger charge is -2.18. The number of carbonyl (C=O) groups excluding carboxylic acids is 2. The Balaban J connectivity index is 1.92. The second-order valence-corrected chi connectivity index (χ2v) is 7.12. The summed E-state index contributed by atoms with van der Waals surface area (Å²) in [4.78, 5) is 36.0. The van der Waals surface area contributed by atoms with Crippen LogP contribution in [0.2, 0.25) is 0 Å². The van der Waals surface area contributed by atoms with E-state index in [1.54, 1.807) is 50.2 Å². The van der Waals surface area contributed by atoms with E-state index in [2.05, 4.69) is 10.6 Å². The minimum atomic E-state index is -0.540. The molecular formula is C25H25N3O7. The SMILES string of the molecule is CCOc1cc(NC(=O)c2ccccc2OC)c(OCC)cc1NC(=O)c1ccc([N+](=O)[O-])cc1. The molecule has 0 aromatic heterocycles. The van der Waals surface area contributed by atoms with Gasteiger partial charge in [-0.15, -0.1) is 0 Å². The number of benzene rings is 3. The molecule has 0 aliphatic rings. The number of hydrogen-bond donors (Lipinski definition) is 2. The van der Waals surface area contributed by atoms with E-state index in [1.807, 2.05) is 0 Å². The molecule has 0 atom stereocenters. The first kappa shape index (κ1) is 25.0. The van der Waals surface area contributed by atoms with Gasteiger partial charge in [-0.2, -0.15) is 0 Å². The number of methoxy groups -OCH3 is 1. The van der Waals surface area contributed by atoms with Gasteiger partial charge in [-0.1, -0.05) is 12.1 Å². The van der Waals surface area contributed by atoms with Crippen molar-refractivity contribution in [2.45, 2.75) is 13.8 Å². The molecule has 3 aromatic rings. The van der Waals surface area contributed by atoms with Gasteiger partial charge >= 0.3 is 0 Å². The van der Waals surface area contributed by atoms with Crippen LogP contribution in [0.1, 0.15) is 34.6 Å². The quantitative estimate of drug-likeness (QED) is 0.312. The largest absolute Gasteiger partial charge is 0.496 e. The van der Waals surface area contributed by atoms with Crippen molar-refractivity contribution in [3.8, 4) is 17.2 Å². The molecule has 0 saturated heterocycles.